The van der Waals surface area contributed by atoms with E-state index in [9.17, 15) is 9.59 Å². The van der Waals surface area contributed by atoms with Crippen molar-refractivity contribution in [3.8, 4) is 0 Å². The van der Waals surface area contributed by atoms with Gasteiger partial charge in [-0.05, 0) is 42.0 Å². The van der Waals surface area contributed by atoms with Crippen molar-refractivity contribution in [2.45, 2.75) is 6.54 Å². The summed E-state index contributed by atoms with van der Waals surface area (Å²) in [6.45, 7) is 0.451. The fourth-order valence-electron chi connectivity index (χ4n) is 2.91. The zero-order chi connectivity index (χ0) is 19.9. The van der Waals surface area contributed by atoms with E-state index in [4.69, 9.17) is 0 Å². The van der Waals surface area contributed by atoms with Gasteiger partial charge in [0.1, 0.15) is 0 Å². The summed E-state index contributed by atoms with van der Waals surface area (Å²) in [6, 6.07) is 24.5. The Bertz CT molecular complexity index is 953. The summed E-state index contributed by atoms with van der Waals surface area (Å²) in [4.78, 5) is 26.3. The second kappa shape index (κ2) is 8.86. The van der Waals surface area contributed by atoms with Gasteiger partial charge in [0.15, 0.2) is 0 Å². The molecule has 0 aliphatic heterocycles. The molecule has 2 amide bonds. The van der Waals surface area contributed by atoms with Crippen LogP contribution in [0.4, 0.5) is 11.4 Å². The van der Waals surface area contributed by atoms with Gasteiger partial charge in [0.05, 0.1) is 11.3 Å². The van der Waals surface area contributed by atoms with Gasteiger partial charge >= 0.3 is 0 Å². The van der Waals surface area contributed by atoms with Crippen LogP contribution >= 0.6 is 0 Å². The smallest absolute Gasteiger partial charge is 0.256 e. The third-order valence-electron chi connectivity index (χ3n) is 4.42. The Morgan fingerprint density at radius 2 is 1.50 bits per heavy atom. The second-order valence-corrected chi connectivity index (χ2v) is 6.47. The van der Waals surface area contributed by atoms with Crippen LogP contribution in [0.25, 0.3) is 0 Å². The SMILES string of the molecule is CNC(=O)c1ccc(CN(C)C(=O)c2ccccc2Nc2ccccc2)cc1. The number of benzene rings is 3. The van der Waals surface area contributed by atoms with E-state index in [1.165, 1.54) is 0 Å². The van der Waals surface area contributed by atoms with Gasteiger partial charge in [-0.25, -0.2) is 0 Å². The lowest BCUT2D eigenvalue weighted by Gasteiger charge is -2.20. The normalized spacial score (nSPS) is 10.2. The molecule has 28 heavy (non-hydrogen) atoms. The van der Waals surface area contributed by atoms with Gasteiger partial charge in [-0.15, -0.1) is 0 Å². The molecule has 0 fully saturated rings. The number of nitrogens with zero attached hydrogens (tertiary/aromatic N) is 1. The monoisotopic (exact) mass is 373 g/mol. The molecule has 0 aliphatic rings. The summed E-state index contributed by atoms with van der Waals surface area (Å²) in [5, 5.41) is 5.90. The lowest BCUT2D eigenvalue weighted by molar-refractivity contribution is 0.0785. The van der Waals surface area contributed by atoms with Crippen LogP contribution in [0.3, 0.4) is 0 Å². The highest BCUT2D eigenvalue weighted by atomic mass is 16.2. The molecule has 0 radical (unpaired) electrons. The molecule has 3 rings (SSSR count). The maximum atomic E-state index is 13.0. The van der Waals surface area contributed by atoms with Gasteiger partial charge in [0.2, 0.25) is 0 Å². The van der Waals surface area contributed by atoms with Crippen molar-refractivity contribution in [3.63, 3.8) is 0 Å². The molecule has 5 heteroatoms. The van der Waals surface area contributed by atoms with E-state index in [-0.39, 0.29) is 11.8 Å². The van der Waals surface area contributed by atoms with Gasteiger partial charge in [-0.2, -0.15) is 0 Å². The zero-order valence-electron chi connectivity index (χ0n) is 16.0. The van der Waals surface area contributed by atoms with Crippen molar-refractivity contribution in [3.05, 3.63) is 95.6 Å². The summed E-state index contributed by atoms with van der Waals surface area (Å²) in [7, 11) is 3.37. The van der Waals surface area contributed by atoms with Crippen molar-refractivity contribution in [2.75, 3.05) is 19.4 Å². The van der Waals surface area contributed by atoms with Crippen molar-refractivity contribution < 1.29 is 9.59 Å². The van der Waals surface area contributed by atoms with Crippen LogP contribution in [0.2, 0.25) is 0 Å². The molecule has 142 valence electrons. The Morgan fingerprint density at radius 3 is 2.18 bits per heavy atom. The van der Waals surface area contributed by atoms with E-state index < -0.39 is 0 Å². The first kappa shape index (κ1) is 19.2. The van der Waals surface area contributed by atoms with Crippen LogP contribution in [-0.4, -0.2) is 30.8 Å². The second-order valence-electron chi connectivity index (χ2n) is 6.47. The summed E-state index contributed by atoms with van der Waals surface area (Å²) >= 11 is 0. The van der Waals surface area contributed by atoms with E-state index in [1.54, 1.807) is 31.1 Å². The molecular weight excluding hydrogens is 350 g/mol. The van der Waals surface area contributed by atoms with Crippen molar-refractivity contribution in [1.82, 2.24) is 10.2 Å². The number of anilines is 2. The lowest BCUT2D eigenvalue weighted by Crippen LogP contribution is -2.27. The van der Waals surface area contributed by atoms with Crippen LogP contribution in [0.15, 0.2) is 78.9 Å². The third kappa shape index (κ3) is 4.57. The quantitative estimate of drug-likeness (QED) is 0.685. The number of para-hydroxylation sites is 2. The van der Waals surface area contributed by atoms with Crippen LogP contribution in [0.1, 0.15) is 26.3 Å². The first-order chi connectivity index (χ1) is 13.6. The highest BCUT2D eigenvalue weighted by Gasteiger charge is 2.16. The highest BCUT2D eigenvalue weighted by molar-refractivity contribution is 6.00. The van der Waals surface area contributed by atoms with Gasteiger partial charge in [0, 0.05) is 31.9 Å². The number of amides is 2. The molecule has 0 aromatic heterocycles. The fourth-order valence-corrected chi connectivity index (χ4v) is 2.91. The molecule has 0 unspecified atom stereocenters. The Hall–Kier alpha value is -3.60. The van der Waals surface area contributed by atoms with Crippen LogP contribution in [-0.2, 0) is 6.54 Å². The predicted molar refractivity (Wildman–Crippen MR) is 112 cm³/mol. The Kier molecular flexibility index (Phi) is 6.07. The van der Waals surface area contributed by atoms with E-state index in [1.807, 2.05) is 66.7 Å². The minimum atomic E-state index is -0.128. The molecule has 3 aromatic carbocycles. The van der Waals surface area contributed by atoms with E-state index >= 15 is 0 Å². The minimum Gasteiger partial charge on any atom is -0.355 e. The third-order valence-corrected chi connectivity index (χ3v) is 4.42. The van der Waals surface area contributed by atoms with Gasteiger partial charge in [0.25, 0.3) is 11.8 Å². The molecule has 0 saturated heterocycles. The first-order valence-corrected chi connectivity index (χ1v) is 9.06. The van der Waals surface area contributed by atoms with Crippen molar-refractivity contribution in [2.24, 2.45) is 0 Å². The molecule has 0 aliphatic carbocycles. The maximum absolute atomic E-state index is 13.0. The standard InChI is InChI=1S/C23H23N3O2/c1-24-22(27)18-14-12-17(13-15-18)16-26(2)23(28)20-10-6-7-11-21(20)25-19-8-4-3-5-9-19/h3-15,25H,16H2,1-2H3,(H,24,27). The molecule has 0 spiro atoms. The van der Waals surface area contributed by atoms with Crippen molar-refractivity contribution >= 4 is 23.2 Å². The zero-order valence-corrected chi connectivity index (χ0v) is 16.0. The Balaban J connectivity index is 1.74. The number of carbonyl (C=O) groups excluding carboxylic acids is 2. The molecule has 3 aromatic rings. The Morgan fingerprint density at radius 1 is 0.857 bits per heavy atom. The molecule has 2 N–H and O–H groups in total. The lowest BCUT2D eigenvalue weighted by atomic mass is 10.1. The van der Waals surface area contributed by atoms with Gasteiger partial charge in [-0.3, -0.25) is 9.59 Å². The first-order valence-electron chi connectivity index (χ1n) is 9.06. The molecule has 0 bridgehead atoms. The molecule has 0 saturated carbocycles. The summed E-state index contributed by atoms with van der Waals surface area (Å²) in [6.07, 6.45) is 0. The number of carbonyl (C=O) groups is 2. The number of nitrogens with one attached hydrogen (secondary N) is 2. The molecule has 0 atom stereocenters. The summed E-state index contributed by atoms with van der Waals surface area (Å²) in [5.74, 6) is -0.202. The molecule has 0 heterocycles. The van der Waals surface area contributed by atoms with Crippen LogP contribution < -0.4 is 10.6 Å². The Labute approximate surface area is 165 Å². The van der Waals surface area contributed by atoms with E-state index in [0.29, 0.717) is 17.7 Å². The van der Waals surface area contributed by atoms with Gasteiger partial charge < -0.3 is 15.5 Å². The number of hydrogen-bond acceptors (Lipinski definition) is 3. The number of rotatable bonds is 6. The summed E-state index contributed by atoms with van der Waals surface area (Å²) < 4.78 is 0. The molecule has 5 nitrogen and oxygen atoms in total. The average Bonchev–Trinajstić information content (AvgIpc) is 2.74. The average molecular weight is 373 g/mol. The minimum absolute atomic E-state index is 0.0746. The highest BCUT2D eigenvalue weighted by Crippen LogP contribution is 2.22. The topological polar surface area (TPSA) is 61.4 Å². The van der Waals surface area contributed by atoms with E-state index in [0.717, 1.165) is 16.9 Å². The maximum Gasteiger partial charge on any atom is 0.256 e. The van der Waals surface area contributed by atoms with Crippen LogP contribution in [0, 0.1) is 0 Å². The summed E-state index contributed by atoms with van der Waals surface area (Å²) in [5.41, 5.74) is 3.85. The largest absolute Gasteiger partial charge is 0.355 e. The van der Waals surface area contributed by atoms with Crippen molar-refractivity contribution in [1.29, 1.82) is 0 Å². The molecular formula is C23H23N3O2. The predicted octanol–water partition coefficient (Wildman–Crippen LogP) is 4.06. The van der Waals surface area contributed by atoms with E-state index in [2.05, 4.69) is 10.6 Å². The van der Waals surface area contributed by atoms with Gasteiger partial charge in [-0.1, -0.05) is 42.5 Å². The van der Waals surface area contributed by atoms with Crippen LogP contribution in [0.5, 0.6) is 0 Å². The fraction of sp³-hybridized carbons (Fsp3) is 0.130. The number of hydrogen-bond donors (Lipinski definition) is 2.